The normalized spacial score (nSPS) is 12.7. The minimum atomic E-state index is -0.951. The highest BCUT2D eigenvalue weighted by Crippen LogP contribution is 2.21. The van der Waals surface area contributed by atoms with Crippen LogP contribution >= 0.6 is 0 Å². The summed E-state index contributed by atoms with van der Waals surface area (Å²) in [6.07, 6.45) is 6.34. The number of carbonyl (C=O) groups is 1. The fourth-order valence-electron chi connectivity index (χ4n) is 2.51. The summed E-state index contributed by atoms with van der Waals surface area (Å²) in [5, 5.41) is 9.48. The van der Waals surface area contributed by atoms with Crippen molar-refractivity contribution in [2.24, 2.45) is 5.73 Å². The van der Waals surface area contributed by atoms with Crippen molar-refractivity contribution in [3.05, 3.63) is 52.5 Å². The topological polar surface area (TPSA) is 127 Å². The number of hydrogen-bond acceptors (Lipinski definition) is 5. The third-order valence-electron chi connectivity index (χ3n) is 3.64. The van der Waals surface area contributed by atoms with Gasteiger partial charge in [0.05, 0.1) is 24.5 Å². The number of rotatable bonds is 5. The molecule has 0 radical (unpaired) electrons. The van der Waals surface area contributed by atoms with Crippen LogP contribution in [0.2, 0.25) is 0 Å². The molecule has 3 rings (SSSR count). The molecule has 8 nitrogen and oxygen atoms in total. The van der Waals surface area contributed by atoms with Crippen molar-refractivity contribution in [3.63, 3.8) is 0 Å². The number of nitrogens with one attached hydrogen (secondary N) is 1. The third kappa shape index (κ3) is 3.52. The summed E-state index contributed by atoms with van der Waals surface area (Å²) in [5.74, 6) is -1.55. The van der Waals surface area contributed by atoms with Crippen molar-refractivity contribution < 1.29 is 14.3 Å². The number of aliphatic hydroxyl groups is 1. The lowest BCUT2D eigenvalue weighted by Crippen LogP contribution is -2.27. The molecule has 0 saturated carbocycles. The lowest BCUT2D eigenvalue weighted by Gasteiger charge is -2.10. The number of aromatic nitrogens is 4. The molecule has 9 heteroatoms. The number of nitrogens with two attached hydrogens (primary N) is 1. The van der Waals surface area contributed by atoms with E-state index in [1.165, 1.54) is 31.5 Å². The summed E-state index contributed by atoms with van der Waals surface area (Å²) in [4.78, 5) is 34.3. The van der Waals surface area contributed by atoms with Crippen LogP contribution in [0, 0.1) is 5.82 Å². The molecular weight excluding hydrogens is 341 g/mol. The molecule has 0 spiro atoms. The van der Waals surface area contributed by atoms with Crippen LogP contribution in [0.25, 0.3) is 28.5 Å². The van der Waals surface area contributed by atoms with E-state index in [-0.39, 0.29) is 6.54 Å². The second-order valence-corrected chi connectivity index (χ2v) is 5.82. The van der Waals surface area contributed by atoms with Gasteiger partial charge in [-0.1, -0.05) is 0 Å². The predicted molar refractivity (Wildman–Crippen MR) is 93.5 cm³/mol. The zero-order valence-electron chi connectivity index (χ0n) is 13.8. The first-order valence-electron chi connectivity index (χ1n) is 7.75. The summed E-state index contributed by atoms with van der Waals surface area (Å²) < 4.78 is 15.1. The van der Waals surface area contributed by atoms with E-state index in [9.17, 15) is 19.1 Å². The van der Waals surface area contributed by atoms with Crippen molar-refractivity contribution in [2.75, 3.05) is 0 Å². The van der Waals surface area contributed by atoms with Gasteiger partial charge in [0.15, 0.2) is 11.5 Å². The largest absolute Gasteiger partial charge is 0.392 e. The SMILES string of the molecule is C[C@@H](O)Cn1cc(-c2cnc3[nH]cc(C=CC(N)=O)c3n2)cc(F)c1=O. The number of aromatic amines is 1. The Labute approximate surface area is 146 Å². The van der Waals surface area contributed by atoms with Gasteiger partial charge in [0.25, 0.3) is 5.56 Å². The highest BCUT2D eigenvalue weighted by Gasteiger charge is 2.12. The second-order valence-electron chi connectivity index (χ2n) is 5.82. The Morgan fingerprint density at radius 3 is 3.00 bits per heavy atom. The van der Waals surface area contributed by atoms with E-state index in [0.29, 0.717) is 28.0 Å². The Kier molecular flexibility index (Phi) is 4.63. The van der Waals surface area contributed by atoms with E-state index in [1.807, 2.05) is 0 Å². The molecule has 1 amide bonds. The van der Waals surface area contributed by atoms with Gasteiger partial charge in [0.2, 0.25) is 5.91 Å². The minimum Gasteiger partial charge on any atom is -0.392 e. The Bertz CT molecular complexity index is 1070. The lowest BCUT2D eigenvalue weighted by atomic mass is 10.2. The number of amides is 1. The first-order valence-corrected chi connectivity index (χ1v) is 7.75. The van der Waals surface area contributed by atoms with Crippen molar-refractivity contribution >= 4 is 23.1 Å². The molecule has 0 aliphatic rings. The zero-order valence-corrected chi connectivity index (χ0v) is 13.8. The lowest BCUT2D eigenvalue weighted by molar-refractivity contribution is -0.113. The first-order chi connectivity index (χ1) is 12.3. The number of fused-ring (bicyclic) bond motifs is 1. The maximum absolute atomic E-state index is 14.0. The average Bonchev–Trinajstić information content (AvgIpc) is 2.98. The van der Waals surface area contributed by atoms with Gasteiger partial charge < -0.3 is 20.4 Å². The van der Waals surface area contributed by atoms with Crippen LogP contribution in [0.5, 0.6) is 0 Å². The smallest absolute Gasteiger partial charge is 0.286 e. The minimum absolute atomic E-state index is 0.0456. The molecule has 26 heavy (non-hydrogen) atoms. The third-order valence-corrected chi connectivity index (χ3v) is 3.64. The number of H-pyrrole nitrogens is 1. The fraction of sp³-hybridized carbons (Fsp3) is 0.176. The maximum Gasteiger partial charge on any atom is 0.286 e. The molecule has 3 heterocycles. The molecular formula is C17H16FN5O3. The van der Waals surface area contributed by atoms with Crippen LogP contribution in [-0.4, -0.2) is 36.6 Å². The predicted octanol–water partition coefficient (Wildman–Crippen LogP) is 0.805. The molecule has 3 aromatic heterocycles. The van der Waals surface area contributed by atoms with Crippen LogP contribution in [0.1, 0.15) is 12.5 Å². The van der Waals surface area contributed by atoms with Gasteiger partial charge in [0.1, 0.15) is 5.52 Å². The van der Waals surface area contributed by atoms with Crippen molar-refractivity contribution in [1.82, 2.24) is 19.5 Å². The quantitative estimate of drug-likeness (QED) is 0.582. The monoisotopic (exact) mass is 357 g/mol. The summed E-state index contributed by atoms with van der Waals surface area (Å²) in [6, 6.07) is 1.07. The molecule has 0 bridgehead atoms. The molecule has 0 fully saturated rings. The molecule has 134 valence electrons. The number of halogens is 1. The molecule has 0 aromatic carbocycles. The van der Waals surface area contributed by atoms with Crippen molar-refractivity contribution in [1.29, 1.82) is 0 Å². The zero-order chi connectivity index (χ0) is 18.8. The van der Waals surface area contributed by atoms with Crippen LogP contribution < -0.4 is 11.3 Å². The molecule has 0 aliphatic heterocycles. The standard InChI is InChI=1S/C17H16FN5O3/c1-9(24)7-23-8-11(4-12(18)17(23)26)13-6-21-16-15(22-13)10(5-20-16)2-3-14(19)25/h2-6,8-9,24H,7H2,1H3,(H2,19,25)(H,20,21)/t9-/m1/s1. The van der Waals surface area contributed by atoms with Gasteiger partial charge in [-0.2, -0.15) is 0 Å². The summed E-state index contributed by atoms with van der Waals surface area (Å²) >= 11 is 0. The van der Waals surface area contributed by atoms with Crippen LogP contribution in [0.4, 0.5) is 4.39 Å². The molecule has 3 aromatic rings. The van der Waals surface area contributed by atoms with Gasteiger partial charge in [-0.05, 0) is 19.1 Å². The molecule has 0 aliphatic carbocycles. The Morgan fingerprint density at radius 1 is 1.54 bits per heavy atom. The number of primary amides is 1. The maximum atomic E-state index is 14.0. The highest BCUT2D eigenvalue weighted by atomic mass is 19.1. The van der Waals surface area contributed by atoms with Crippen molar-refractivity contribution in [3.8, 4) is 11.3 Å². The summed E-state index contributed by atoms with van der Waals surface area (Å²) in [6.45, 7) is 1.45. The van der Waals surface area contributed by atoms with Gasteiger partial charge >= 0.3 is 0 Å². The Balaban J connectivity index is 2.10. The van der Waals surface area contributed by atoms with Gasteiger partial charge in [0, 0.05) is 29.6 Å². The number of aliphatic hydroxyl groups excluding tert-OH is 1. The number of nitrogens with zero attached hydrogens (tertiary/aromatic N) is 3. The van der Waals surface area contributed by atoms with Gasteiger partial charge in [-0.15, -0.1) is 0 Å². The van der Waals surface area contributed by atoms with Crippen molar-refractivity contribution in [2.45, 2.75) is 19.6 Å². The molecule has 1 atom stereocenters. The summed E-state index contributed by atoms with van der Waals surface area (Å²) in [7, 11) is 0. The van der Waals surface area contributed by atoms with Gasteiger partial charge in [-0.25, -0.2) is 14.4 Å². The Morgan fingerprint density at radius 2 is 2.31 bits per heavy atom. The number of carbonyl (C=O) groups excluding carboxylic acids is 1. The second kappa shape index (κ2) is 6.89. The molecule has 4 N–H and O–H groups in total. The molecule has 0 saturated heterocycles. The molecule has 0 unspecified atom stereocenters. The average molecular weight is 357 g/mol. The van der Waals surface area contributed by atoms with Crippen LogP contribution in [-0.2, 0) is 11.3 Å². The highest BCUT2D eigenvalue weighted by molar-refractivity contribution is 5.93. The van der Waals surface area contributed by atoms with Crippen LogP contribution in [0.15, 0.2) is 35.5 Å². The van der Waals surface area contributed by atoms with E-state index in [4.69, 9.17) is 5.73 Å². The van der Waals surface area contributed by atoms with Crippen LogP contribution in [0.3, 0.4) is 0 Å². The van der Waals surface area contributed by atoms with Gasteiger partial charge in [-0.3, -0.25) is 9.59 Å². The number of pyridine rings is 1. The first kappa shape index (κ1) is 17.5. The van der Waals surface area contributed by atoms with E-state index < -0.39 is 23.4 Å². The summed E-state index contributed by atoms with van der Waals surface area (Å²) in [5.41, 5.74) is 6.48. The fourth-order valence-corrected chi connectivity index (χ4v) is 2.51. The van der Waals surface area contributed by atoms with E-state index >= 15 is 0 Å². The number of hydrogen-bond donors (Lipinski definition) is 3. The van der Waals surface area contributed by atoms with E-state index in [0.717, 1.165) is 10.6 Å². The van der Waals surface area contributed by atoms with E-state index in [1.54, 1.807) is 6.20 Å². The van der Waals surface area contributed by atoms with E-state index in [2.05, 4.69) is 15.0 Å². The Hall–Kier alpha value is -3.33.